The van der Waals surface area contributed by atoms with Crippen LogP contribution in [-0.4, -0.2) is 51.8 Å². The molecule has 0 aliphatic carbocycles. The summed E-state index contributed by atoms with van der Waals surface area (Å²) >= 11 is 0. The van der Waals surface area contributed by atoms with Crippen molar-refractivity contribution < 1.29 is 23.1 Å². The second-order valence-electron chi connectivity index (χ2n) is 12.1. The molecule has 3 rings (SSSR count). The molecule has 2 aromatic carbocycles. The monoisotopic (exact) mass is 551 g/mol. The Bertz CT molecular complexity index is 1100. The van der Waals surface area contributed by atoms with Crippen LogP contribution < -0.4 is 10.4 Å². The molecule has 39 heavy (non-hydrogen) atoms. The average Bonchev–Trinajstić information content (AvgIpc) is 3.40. The molecule has 1 heterocycles. The summed E-state index contributed by atoms with van der Waals surface area (Å²) in [6.07, 6.45) is 1.22. The Morgan fingerprint density at radius 1 is 0.872 bits per heavy atom. The van der Waals surface area contributed by atoms with Crippen molar-refractivity contribution in [2.45, 2.75) is 65.1 Å². The van der Waals surface area contributed by atoms with Crippen molar-refractivity contribution >= 4 is 24.8 Å². The molecule has 6 nitrogen and oxygen atoms in total. The molecule has 0 saturated heterocycles. The van der Waals surface area contributed by atoms with Crippen molar-refractivity contribution in [2.75, 3.05) is 26.9 Å². The summed E-state index contributed by atoms with van der Waals surface area (Å²) in [5.41, 5.74) is -0.586. The Hall–Kier alpha value is -2.87. The molecule has 3 aromatic rings. The third-order valence-electron chi connectivity index (χ3n) is 6.82. The summed E-state index contributed by atoms with van der Waals surface area (Å²) in [4.78, 5) is 14.4. The second-order valence-corrected chi connectivity index (χ2v) is 16.4. The van der Waals surface area contributed by atoms with Crippen LogP contribution in [0.1, 0.15) is 60.3 Å². The van der Waals surface area contributed by atoms with Gasteiger partial charge in [0.05, 0.1) is 32.1 Å². The lowest BCUT2D eigenvalue weighted by Crippen LogP contribution is -2.66. The van der Waals surface area contributed by atoms with E-state index < -0.39 is 20.0 Å². The fourth-order valence-electron chi connectivity index (χ4n) is 5.14. The van der Waals surface area contributed by atoms with Gasteiger partial charge in [-0.1, -0.05) is 88.4 Å². The van der Waals surface area contributed by atoms with Gasteiger partial charge >= 0.3 is 6.09 Å². The molecule has 0 saturated carbocycles. The van der Waals surface area contributed by atoms with Gasteiger partial charge < -0.3 is 23.2 Å². The number of rotatable bonds is 11. The molecular weight excluding hydrogens is 506 g/mol. The van der Waals surface area contributed by atoms with Crippen molar-refractivity contribution in [1.29, 1.82) is 0 Å². The van der Waals surface area contributed by atoms with E-state index in [1.54, 1.807) is 18.2 Å². The van der Waals surface area contributed by atoms with Gasteiger partial charge in [0.2, 0.25) is 0 Å². The van der Waals surface area contributed by atoms with Gasteiger partial charge in [-0.2, -0.15) is 0 Å². The zero-order valence-corrected chi connectivity index (χ0v) is 25.8. The van der Waals surface area contributed by atoms with Crippen LogP contribution in [0.3, 0.4) is 0 Å². The molecule has 1 amide bonds. The molecule has 0 spiro atoms. The number of ether oxygens (including phenoxy) is 2. The minimum atomic E-state index is -2.61. The number of hydrogen-bond donors (Lipinski definition) is 0. The maximum Gasteiger partial charge on any atom is 0.410 e. The minimum absolute atomic E-state index is 0.0402. The maximum atomic E-state index is 12.9. The molecule has 7 heteroatoms. The Kier molecular flexibility index (Phi) is 10.2. The fourth-order valence-corrected chi connectivity index (χ4v) is 9.68. The molecule has 1 aromatic heterocycles. The van der Waals surface area contributed by atoms with Gasteiger partial charge in [-0.25, -0.2) is 4.79 Å². The average molecular weight is 552 g/mol. The number of nitrogens with zero attached hydrogens (tertiary/aromatic N) is 1. The van der Waals surface area contributed by atoms with E-state index in [0.29, 0.717) is 25.6 Å². The second kappa shape index (κ2) is 13.0. The van der Waals surface area contributed by atoms with E-state index in [1.165, 1.54) is 10.4 Å². The van der Waals surface area contributed by atoms with E-state index in [0.717, 1.165) is 0 Å². The fraction of sp³-hybridized carbons (Fsp3) is 0.469. The zero-order valence-electron chi connectivity index (χ0n) is 24.8. The van der Waals surface area contributed by atoms with Gasteiger partial charge in [0.25, 0.3) is 8.32 Å². The Morgan fingerprint density at radius 2 is 1.44 bits per heavy atom. The third-order valence-corrected chi connectivity index (χ3v) is 11.9. The normalized spacial score (nSPS) is 14.1. The van der Waals surface area contributed by atoms with Crippen LogP contribution in [0.25, 0.3) is 0 Å². The Labute approximate surface area is 235 Å². The Balaban J connectivity index is 1.71. The predicted molar refractivity (Wildman–Crippen MR) is 159 cm³/mol. The lowest BCUT2D eigenvalue weighted by Gasteiger charge is -2.43. The van der Waals surface area contributed by atoms with Gasteiger partial charge in [0.15, 0.2) is 0 Å². The van der Waals surface area contributed by atoms with E-state index in [-0.39, 0.29) is 17.0 Å². The number of furan rings is 1. The zero-order chi connectivity index (χ0) is 28.7. The molecule has 0 aliphatic heterocycles. The molecule has 0 radical (unpaired) electrons. The maximum absolute atomic E-state index is 12.9. The van der Waals surface area contributed by atoms with Crippen molar-refractivity contribution in [3.8, 4) is 0 Å². The molecule has 0 aliphatic rings. The van der Waals surface area contributed by atoms with E-state index in [4.69, 9.17) is 18.3 Å². The first-order valence-corrected chi connectivity index (χ1v) is 15.6. The van der Waals surface area contributed by atoms with Crippen molar-refractivity contribution in [2.24, 2.45) is 5.92 Å². The van der Waals surface area contributed by atoms with Gasteiger partial charge in [-0.15, -0.1) is 0 Å². The number of amides is 1. The molecule has 0 unspecified atom stereocenters. The molecule has 0 bridgehead atoms. The van der Waals surface area contributed by atoms with E-state index in [1.807, 2.05) is 45.0 Å². The van der Waals surface area contributed by atoms with Crippen LogP contribution in [0.5, 0.6) is 0 Å². The van der Waals surface area contributed by atoms with Crippen LogP contribution in [-0.2, 0) is 13.9 Å². The van der Waals surface area contributed by atoms with Crippen LogP contribution in [0.4, 0.5) is 4.79 Å². The highest BCUT2D eigenvalue weighted by atomic mass is 28.4. The smallest absolute Gasteiger partial charge is 0.410 e. The standard InChI is InChI=1S/C32H45NO5Si/c1-25(29(28-20-15-21-36-28)33(8)30(34)38-31(2,3)4)24-35-22-23-37-39(32(5,6)7,26-16-11-9-12-17-26)27-18-13-10-14-19-27/h9-21,25,29H,22-24H2,1-8H3/t25-,29+/m1/s1. The highest BCUT2D eigenvalue weighted by Gasteiger charge is 2.50. The van der Waals surface area contributed by atoms with Crippen LogP contribution in [0.2, 0.25) is 5.04 Å². The molecule has 0 fully saturated rings. The first kappa shape index (κ1) is 30.7. The topological polar surface area (TPSA) is 61.1 Å². The SMILES string of the molecule is C[C@H](COCCO[Si](c1ccccc1)(c1ccccc1)C(C)(C)C)[C@@H](c1ccco1)N(C)C(=O)OC(C)(C)C. The molecule has 212 valence electrons. The van der Waals surface area contributed by atoms with Crippen molar-refractivity contribution in [3.05, 3.63) is 84.8 Å². The van der Waals surface area contributed by atoms with Gasteiger partial charge in [0.1, 0.15) is 11.4 Å². The molecule has 0 N–H and O–H groups in total. The van der Waals surface area contributed by atoms with Gasteiger partial charge in [0, 0.05) is 13.0 Å². The van der Waals surface area contributed by atoms with Gasteiger partial charge in [-0.3, -0.25) is 0 Å². The van der Waals surface area contributed by atoms with Crippen molar-refractivity contribution in [1.82, 2.24) is 4.90 Å². The predicted octanol–water partition coefficient (Wildman–Crippen LogP) is 6.42. The minimum Gasteiger partial charge on any atom is -0.467 e. The lowest BCUT2D eigenvalue weighted by atomic mass is 9.99. The summed E-state index contributed by atoms with van der Waals surface area (Å²) in [7, 11) is -0.872. The van der Waals surface area contributed by atoms with Crippen LogP contribution in [0.15, 0.2) is 83.5 Å². The summed E-state index contributed by atoms with van der Waals surface area (Å²) in [6.45, 7) is 15.8. The number of carbonyl (C=O) groups excluding carboxylic acids is 1. The summed E-state index contributed by atoms with van der Waals surface area (Å²) in [6, 6.07) is 24.6. The number of benzene rings is 2. The largest absolute Gasteiger partial charge is 0.467 e. The number of carbonyl (C=O) groups is 1. The first-order chi connectivity index (χ1) is 18.4. The van der Waals surface area contributed by atoms with Crippen molar-refractivity contribution in [3.63, 3.8) is 0 Å². The lowest BCUT2D eigenvalue weighted by molar-refractivity contribution is 0.00215. The van der Waals surface area contributed by atoms with Crippen LogP contribution >= 0.6 is 0 Å². The first-order valence-electron chi connectivity index (χ1n) is 13.7. The summed E-state index contributed by atoms with van der Waals surface area (Å²) in [5, 5.41) is 2.40. The molecular formula is C32H45NO5Si. The molecule has 2 atom stereocenters. The number of hydrogen-bond acceptors (Lipinski definition) is 5. The quantitative estimate of drug-likeness (QED) is 0.203. The Morgan fingerprint density at radius 3 is 1.90 bits per heavy atom. The summed E-state index contributed by atoms with van der Waals surface area (Å²) < 4.78 is 24.4. The highest BCUT2D eigenvalue weighted by molar-refractivity contribution is 6.99. The van der Waals surface area contributed by atoms with E-state index in [2.05, 4.69) is 76.2 Å². The van der Waals surface area contributed by atoms with E-state index >= 15 is 0 Å². The third kappa shape index (κ3) is 7.62. The van der Waals surface area contributed by atoms with Gasteiger partial charge in [-0.05, 0) is 48.3 Å². The van der Waals surface area contributed by atoms with E-state index in [9.17, 15) is 4.79 Å². The van der Waals surface area contributed by atoms with Crippen LogP contribution in [0, 0.1) is 5.92 Å². The summed E-state index contributed by atoms with van der Waals surface area (Å²) in [5.74, 6) is 0.657. The highest BCUT2D eigenvalue weighted by Crippen LogP contribution is 2.36.